The van der Waals surface area contributed by atoms with Gasteiger partial charge >= 0.3 is 0 Å². The Morgan fingerprint density at radius 1 is 1.15 bits per heavy atom. The quantitative estimate of drug-likeness (QED) is 0.379. The van der Waals surface area contributed by atoms with Gasteiger partial charge < -0.3 is 4.98 Å². The Morgan fingerprint density at radius 3 is 2.54 bits per heavy atom. The Kier molecular flexibility index (Phi) is 1.88. The van der Waals surface area contributed by atoms with Gasteiger partial charge in [0.15, 0.2) is 7.85 Å². The molecule has 6 radical (unpaired) electrons. The summed E-state index contributed by atoms with van der Waals surface area (Å²) >= 11 is 5.79. The molecule has 0 spiro atoms. The molecule has 7 heteroatoms. The van der Waals surface area contributed by atoms with Crippen molar-refractivity contribution in [1.82, 2.24) is 15.0 Å². The minimum absolute atomic E-state index is 0.0822. The Hall–Kier alpha value is -0.895. The van der Waals surface area contributed by atoms with Crippen molar-refractivity contribution in [3.63, 3.8) is 0 Å². The zero-order valence-electron chi connectivity index (χ0n) is 6.50. The van der Waals surface area contributed by atoms with Crippen LogP contribution in [0, 0.1) is 0 Å². The lowest BCUT2D eigenvalue weighted by atomic mass is 9.86. The lowest BCUT2D eigenvalue weighted by Crippen LogP contribution is -2.23. The van der Waals surface area contributed by atoms with E-state index in [1.54, 1.807) is 0 Å². The zero-order valence-corrected chi connectivity index (χ0v) is 7.26. The molecule has 0 amide bonds. The molecule has 2 heterocycles. The summed E-state index contributed by atoms with van der Waals surface area (Å²) in [5, 5.41) is 0.710. The summed E-state index contributed by atoms with van der Waals surface area (Å²) in [6, 6.07) is 0. The number of hydrogen-bond acceptors (Lipinski definition) is 2. The van der Waals surface area contributed by atoms with Crippen molar-refractivity contribution in [2.45, 2.75) is 0 Å². The molecule has 1 N–H and O–H groups in total. The summed E-state index contributed by atoms with van der Waals surface area (Å²) in [5.74, 6) is 0. The maximum Gasteiger partial charge on any atom is 0.170 e. The molecule has 0 aliphatic carbocycles. The van der Waals surface area contributed by atoms with Crippen LogP contribution in [0.5, 0.6) is 0 Å². The third-order valence-corrected chi connectivity index (χ3v) is 1.97. The van der Waals surface area contributed by atoms with Gasteiger partial charge in [0, 0.05) is 5.39 Å². The predicted molar refractivity (Wildman–Crippen MR) is 55.1 cm³/mol. The first-order valence-electron chi connectivity index (χ1n) is 3.45. The van der Waals surface area contributed by atoms with Gasteiger partial charge in [0.2, 0.25) is 0 Å². The number of hydrogen-bond donors (Lipinski definition) is 1. The highest BCUT2D eigenvalue weighted by molar-refractivity contribution is 6.54. The molecule has 0 unspecified atom stereocenters. The van der Waals surface area contributed by atoms with Crippen LogP contribution in [0.4, 0.5) is 0 Å². The topological polar surface area (TPSA) is 41.6 Å². The number of nitrogens with one attached hydrogen (secondary N) is 1. The molecule has 0 saturated heterocycles. The molecule has 0 saturated carbocycles. The van der Waals surface area contributed by atoms with Gasteiger partial charge in [-0.3, -0.25) is 0 Å². The van der Waals surface area contributed by atoms with E-state index in [1.807, 2.05) is 0 Å². The van der Waals surface area contributed by atoms with Gasteiger partial charge in [0.25, 0.3) is 0 Å². The van der Waals surface area contributed by atoms with Gasteiger partial charge in [0.1, 0.15) is 26.5 Å². The van der Waals surface area contributed by atoms with E-state index in [-0.39, 0.29) is 10.9 Å². The van der Waals surface area contributed by atoms with E-state index >= 15 is 0 Å². The number of rotatable bonds is 0. The van der Waals surface area contributed by atoms with E-state index < -0.39 is 0 Å². The highest BCUT2D eigenvalue weighted by atomic mass is 35.5. The number of aromatic nitrogens is 3. The van der Waals surface area contributed by atoms with Crippen LogP contribution in [-0.2, 0) is 0 Å². The van der Waals surface area contributed by atoms with E-state index in [1.165, 1.54) is 0 Å². The SMILES string of the molecule is [B]c1nc(Cl)c2c([B])c([B])[nH]c2n1. The monoisotopic (exact) mass is 183 g/mol. The third kappa shape index (κ3) is 1.25. The van der Waals surface area contributed by atoms with Crippen molar-refractivity contribution in [2.75, 3.05) is 0 Å². The molecule has 13 heavy (non-hydrogen) atoms. The molecule has 0 fully saturated rings. The minimum Gasteiger partial charge on any atom is -0.354 e. The largest absolute Gasteiger partial charge is 0.354 e. The molecule has 0 aliphatic heterocycles. The predicted octanol–water partition coefficient (Wildman–Crippen LogP) is -2.01. The second kappa shape index (κ2) is 2.81. The molecule has 0 atom stereocenters. The molecule has 3 nitrogen and oxygen atoms in total. The van der Waals surface area contributed by atoms with Crippen molar-refractivity contribution in [2.24, 2.45) is 0 Å². The van der Waals surface area contributed by atoms with Crippen LogP contribution >= 0.6 is 11.6 Å². The number of nitrogens with zero attached hydrogens (tertiary/aromatic N) is 2. The van der Waals surface area contributed by atoms with Crippen molar-refractivity contribution < 1.29 is 0 Å². The van der Waals surface area contributed by atoms with Gasteiger partial charge in [-0.15, -0.1) is 0 Å². The van der Waals surface area contributed by atoms with Crippen LogP contribution in [0.25, 0.3) is 11.0 Å². The lowest BCUT2D eigenvalue weighted by Gasteiger charge is -1.96. The number of halogens is 1. The van der Waals surface area contributed by atoms with Gasteiger partial charge in [-0.05, 0) is 5.59 Å². The fraction of sp³-hybridized carbons (Fsp3) is 0. The van der Waals surface area contributed by atoms with Crippen molar-refractivity contribution in [1.29, 1.82) is 0 Å². The Bertz CT molecular complexity index is 481. The van der Waals surface area contributed by atoms with Gasteiger partial charge in [-0.25, -0.2) is 9.97 Å². The van der Waals surface area contributed by atoms with E-state index in [0.29, 0.717) is 22.1 Å². The second-order valence-corrected chi connectivity index (χ2v) is 2.91. The van der Waals surface area contributed by atoms with E-state index in [4.69, 9.17) is 35.1 Å². The fourth-order valence-electron chi connectivity index (χ4n) is 1.11. The number of fused-ring (bicyclic) bond motifs is 1. The molecule has 2 rings (SSSR count). The molecule has 0 aromatic carbocycles. The standard InChI is InChI=1S/C6HB3ClN3/c7-2-1-4(10)12-6(9)13-5(1)11-3(2)8/h(H,11,12,13). The first-order chi connectivity index (χ1) is 6.09. The first-order valence-corrected chi connectivity index (χ1v) is 3.83. The molecule has 56 valence electrons. The van der Waals surface area contributed by atoms with Crippen LogP contribution < -0.4 is 16.8 Å². The molecular formula is C6HB3ClN3. The normalized spacial score (nSPS) is 10.8. The molecular weight excluding hydrogens is 182 g/mol. The average molecular weight is 183 g/mol. The van der Waals surface area contributed by atoms with Gasteiger partial charge in [-0.2, -0.15) is 0 Å². The average Bonchev–Trinajstić information content (AvgIpc) is 2.27. The van der Waals surface area contributed by atoms with Crippen molar-refractivity contribution >= 4 is 63.0 Å². The maximum atomic E-state index is 5.79. The summed E-state index contributed by atoms with van der Waals surface area (Å²) in [7, 11) is 16.5. The van der Waals surface area contributed by atoms with E-state index in [0.717, 1.165) is 0 Å². The molecule has 2 aromatic rings. The number of aromatic amines is 1. The molecule has 2 aromatic heterocycles. The summed E-state index contributed by atoms with van der Waals surface area (Å²) in [6.07, 6.45) is 0. The number of H-pyrrole nitrogens is 1. The van der Waals surface area contributed by atoms with Crippen LogP contribution in [0.3, 0.4) is 0 Å². The van der Waals surface area contributed by atoms with Crippen LogP contribution in [-0.4, -0.2) is 38.5 Å². The zero-order chi connectivity index (χ0) is 9.59. The van der Waals surface area contributed by atoms with Gasteiger partial charge in [0.05, 0.1) is 5.72 Å². The van der Waals surface area contributed by atoms with Gasteiger partial charge in [-0.1, -0.05) is 17.1 Å². The van der Waals surface area contributed by atoms with Crippen molar-refractivity contribution in [3.8, 4) is 0 Å². The highest BCUT2D eigenvalue weighted by Gasteiger charge is 2.09. The maximum absolute atomic E-state index is 5.79. The summed E-state index contributed by atoms with van der Waals surface area (Å²) in [4.78, 5) is 10.4. The highest BCUT2D eigenvalue weighted by Crippen LogP contribution is 2.12. The summed E-state index contributed by atoms with van der Waals surface area (Å²) in [5.41, 5.74) is 1.20. The summed E-state index contributed by atoms with van der Waals surface area (Å²) < 4.78 is 0. The fourth-order valence-corrected chi connectivity index (χ4v) is 1.39. The van der Waals surface area contributed by atoms with E-state index in [9.17, 15) is 0 Å². The second-order valence-electron chi connectivity index (χ2n) is 2.55. The Labute approximate surface area is 83.5 Å². The van der Waals surface area contributed by atoms with Crippen molar-refractivity contribution in [3.05, 3.63) is 5.15 Å². The van der Waals surface area contributed by atoms with Crippen LogP contribution in [0.2, 0.25) is 5.15 Å². The Morgan fingerprint density at radius 2 is 1.85 bits per heavy atom. The minimum atomic E-state index is 0.0822. The molecule has 0 bridgehead atoms. The summed E-state index contributed by atoms with van der Waals surface area (Å²) in [6.45, 7) is 0. The Balaban J connectivity index is 2.94. The lowest BCUT2D eigenvalue weighted by molar-refractivity contribution is 1.27. The van der Waals surface area contributed by atoms with Crippen LogP contribution in [0.15, 0.2) is 0 Å². The van der Waals surface area contributed by atoms with E-state index in [2.05, 4.69) is 15.0 Å². The third-order valence-electron chi connectivity index (χ3n) is 1.69. The smallest absolute Gasteiger partial charge is 0.170 e. The first kappa shape index (κ1) is 8.69. The molecule has 0 aliphatic rings. The van der Waals surface area contributed by atoms with Crippen LogP contribution in [0.1, 0.15) is 0 Å².